The molecule has 0 spiro atoms. The van der Waals surface area contributed by atoms with Crippen molar-refractivity contribution in [2.45, 2.75) is 30.8 Å². The average Bonchev–Trinajstić information content (AvgIpc) is 2.83. The van der Waals surface area contributed by atoms with Crippen LogP contribution in [0.15, 0.2) is 24.3 Å². The summed E-state index contributed by atoms with van der Waals surface area (Å²) in [6.07, 6.45) is 2.74. The van der Waals surface area contributed by atoms with Gasteiger partial charge in [-0.3, -0.25) is 14.4 Å². The van der Waals surface area contributed by atoms with Crippen molar-refractivity contribution in [2.24, 2.45) is 5.92 Å². The van der Waals surface area contributed by atoms with Crippen LogP contribution in [0.4, 0.5) is 0 Å². The SMILES string of the molecule is CCOC(=O)C1CCCN(C(=O)CN(C)C(=O)COc2ccc(C3SCCCS3)cc2)C1. The van der Waals surface area contributed by atoms with E-state index < -0.39 is 0 Å². The van der Waals surface area contributed by atoms with Gasteiger partial charge in [-0.2, -0.15) is 0 Å². The minimum atomic E-state index is -0.287. The van der Waals surface area contributed by atoms with E-state index in [0.717, 1.165) is 12.8 Å². The molecule has 32 heavy (non-hydrogen) atoms. The van der Waals surface area contributed by atoms with E-state index in [2.05, 4.69) is 12.1 Å². The number of thioether (sulfide) groups is 2. The number of hydrogen-bond acceptors (Lipinski definition) is 7. The first kappa shape index (κ1) is 24.8. The minimum absolute atomic E-state index is 0.0349. The third-order valence-electron chi connectivity index (χ3n) is 5.53. The van der Waals surface area contributed by atoms with E-state index in [1.54, 1.807) is 18.9 Å². The molecule has 7 nitrogen and oxygen atoms in total. The Morgan fingerprint density at radius 3 is 2.53 bits per heavy atom. The van der Waals surface area contributed by atoms with Gasteiger partial charge in [-0.15, -0.1) is 23.5 Å². The molecule has 0 N–H and O–H groups in total. The third-order valence-corrected chi connectivity index (χ3v) is 8.55. The molecular weight excluding hydrogens is 448 g/mol. The minimum Gasteiger partial charge on any atom is -0.484 e. The van der Waals surface area contributed by atoms with Crippen molar-refractivity contribution in [3.05, 3.63) is 29.8 Å². The largest absolute Gasteiger partial charge is 0.484 e. The standard InChI is InChI=1S/C23H32N2O5S2/c1-3-29-22(28)18-6-4-11-25(14-18)20(26)15-24(2)21(27)16-30-19-9-7-17(8-10-19)23-31-12-5-13-32-23/h7-10,18,23H,3-6,11-16H2,1-2H3. The number of likely N-dealkylation sites (N-methyl/N-ethyl adjacent to an activating group) is 1. The maximum absolute atomic E-state index is 12.6. The normalized spacial score (nSPS) is 19.3. The van der Waals surface area contributed by atoms with Gasteiger partial charge in [0, 0.05) is 20.1 Å². The second-order valence-corrected chi connectivity index (χ2v) is 10.7. The predicted molar refractivity (Wildman–Crippen MR) is 128 cm³/mol. The zero-order valence-corrected chi connectivity index (χ0v) is 20.4. The lowest BCUT2D eigenvalue weighted by atomic mass is 9.98. The highest BCUT2D eigenvalue weighted by atomic mass is 32.2. The van der Waals surface area contributed by atoms with Crippen molar-refractivity contribution in [2.75, 3.05) is 51.4 Å². The zero-order chi connectivity index (χ0) is 22.9. The van der Waals surface area contributed by atoms with Gasteiger partial charge in [-0.05, 0) is 55.4 Å². The Morgan fingerprint density at radius 2 is 1.84 bits per heavy atom. The third kappa shape index (κ3) is 7.07. The molecule has 2 fully saturated rings. The second-order valence-electron chi connectivity index (χ2n) is 7.97. The maximum Gasteiger partial charge on any atom is 0.310 e. The van der Waals surface area contributed by atoms with Gasteiger partial charge in [0.25, 0.3) is 5.91 Å². The molecule has 2 aliphatic rings. The van der Waals surface area contributed by atoms with Crippen LogP contribution in [0.25, 0.3) is 0 Å². The van der Waals surface area contributed by atoms with Gasteiger partial charge in [0.2, 0.25) is 5.91 Å². The summed E-state index contributed by atoms with van der Waals surface area (Å²) in [5, 5.41) is 0. The second kappa shape index (κ2) is 12.4. The molecule has 1 atom stereocenters. The highest BCUT2D eigenvalue weighted by Crippen LogP contribution is 2.43. The summed E-state index contributed by atoms with van der Waals surface area (Å²) in [7, 11) is 1.59. The van der Waals surface area contributed by atoms with Crippen LogP contribution in [0.3, 0.4) is 0 Å². The Bertz CT molecular complexity index is 783. The van der Waals surface area contributed by atoms with Crippen molar-refractivity contribution in [3.63, 3.8) is 0 Å². The first-order chi connectivity index (χ1) is 15.5. The van der Waals surface area contributed by atoms with Crippen molar-refractivity contribution in [1.82, 2.24) is 9.80 Å². The first-order valence-corrected chi connectivity index (χ1v) is 13.2. The lowest BCUT2D eigenvalue weighted by Crippen LogP contribution is -2.47. The van der Waals surface area contributed by atoms with E-state index in [1.807, 2.05) is 35.7 Å². The number of carbonyl (C=O) groups is 3. The van der Waals surface area contributed by atoms with Crippen LogP contribution in [0.1, 0.15) is 36.3 Å². The van der Waals surface area contributed by atoms with E-state index in [0.29, 0.717) is 30.0 Å². The number of likely N-dealkylation sites (tertiary alicyclic amines) is 1. The number of piperidine rings is 1. The number of amides is 2. The van der Waals surface area contributed by atoms with E-state index in [1.165, 1.54) is 28.4 Å². The number of rotatable bonds is 8. The number of nitrogens with zero attached hydrogens (tertiary/aromatic N) is 2. The first-order valence-electron chi connectivity index (χ1n) is 11.1. The fourth-order valence-corrected chi connectivity index (χ4v) is 6.60. The fraction of sp³-hybridized carbons (Fsp3) is 0.609. The van der Waals surface area contributed by atoms with E-state index in [-0.39, 0.29) is 36.9 Å². The zero-order valence-electron chi connectivity index (χ0n) is 18.8. The van der Waals surface area contributed by atoms with Crippen molar-refractivity contribution in [1.29, 1.82) is 0 Å². The lowest BCUT2D eigenvalue weighted by Gasteiger charge is -2.32. The number of ether oxygens (including phenoxy) is 2. The molecule has 0 bridgehead atoms. The molecule has 0 aliphatic carbocycles. The molecule has 2 saturated heterocycles. The van der Waals surface area contributed by atoms with Crippen molar-refractivity contribution < 1.29 is 23.9 Å². The Labute approximate surface area is 198 Å². The highest BCUT2D eigenvalue weighted by Gasteiger charge is 2.30. The quantitative estimate of drug-likeness (QED) is 0.529. The monoisotopic (exact) mass is 480 g/mol. The van der Waals surface area contributed by atoms with E-state index in [4.69, 9.17) is 9.47 Å². The number of carbonyl (C=O) groups excluding carboxylic acids is 3. The number of benzene rings is 1. The van der Waals surface area contributed by atoms with Gasteiger partial charge in [-0.1, -0.05) is 12.1 Å². The van der Waals surface area contributed by atoms with Crippen LogP contribution < -0.4 is 4.74 Å². The van der Waals surface area contributed by atoms with E-state index >= 15 is 0 Å². The Kier molecular flexibility index (Phi) is 9.59. The van der Waals surface area contributed by atoms with Gasteiger partial charge in [0.1, 0.15) is 5.75 Å². The van der Waals surface area contributed by atoms with Gasteiger partial charge in [0.15, 0.2) is 6.61 Å². The van der Waals surface area contributed by atoms with Crippen LogP contribution in [0, 0.1) is 5.92 Å². The summed E-state index contributed by atoms with van der Waals surface area (Å²) in [6.45, 7) is 2.89. The molecule has 1 unspecified atom stereocenters. The lowest BCUT2D eigenvalue weighted by molar-refractivity contribution is -0.152. The highest BCUT2D eigenvalue weighted by molar-refractivity contribution is 8.16. The summed E-state index contributed by atoms with van der Waals surface area (Å²) < 4.78 is 11.2. The van der Waals surface area contributed by atoms with Crippen LogP contribution in [-0.4, -0.2) is 79.0 Å². The van der Waals surface area contributed by atoms with Crippen LogP contribution >= 0.6 is 23.5 Å². The van der Waals surface area contributed by atoms with Gasteiger partial charge in [0.05, 0.1) is 23.7 Å². The van der Waals surface area contributed by atoms with Crippen LogP contribution in [-0.2, 0) is 19.1 Å². The maximum atomic E-state index is 12.6. The molecule has 2 amide bonds. The van der Waals surface area contributed by atoms with Crippen molar-refractivity contribution >= 4 is 41.3 Å². The van der Waals surface area contributed by atoms with Gasteiger partial charge < -0.3 is 19.3 Å². The topological polar surface area (TPSA) is 76.2 Å². The van der Waals surface area contributed by atoms with E-state index in [9.17, 15) is 14.4 Å². The van der Waals surface area contributed by atoms with Gasteiger partial charge in [-0.25, -0.2) is 0 Å². The molecule has 2 aliphatic heterocycles. The summed E-state index contributed by atoms with van der Waals surface area (Å²) in [5.74, 6) is 2.05. The summed E-state index contributed by atoms with van der Waals surface area (Å²) in [6, 6.07) is 7.90. The Morgan fingerprint density at radius 1 is 1.12 bits per heavy atom. The molecule has 1 aromatic carbocycles. The Balaban J connectivity index is 1.43. The summed E-state index contributed by atoms with van der Waals surface area (Å²) >= 11 is 3.93. The Hall–Kier alpha value is -1.87. The summed E-state index contributed by atoms with van der Waals surface area (Å²) in [4.78, 5) is 40.1. The molecular formula is C23H32N2O5S2. The van der Waals surface area contributed by atoms with Crippen LogP contribution in [0.5, 0.6) is 5.75 Å². The molecule has 0 radical (unpaired) electrons. The molecule has 176 valence electrons. The summed E-state index contributed by atoms with van der Waals surface area (Å²) in [5.41, 5.74) is 1.27. The molecule has 9 heteroatoms. The fourth-order valence-electron chi connectivity index (χ4n) is 3.70. The molecule has 2 heterocycles. The number of hydrogen-bond donors (Lipinski definition) is 0. The van der Waals surface area contributed by atoms with Crippen molar-refractivity contribution in [3.8, 4) is 5.75 Å². The molecule has 0 aromatic heterocycles. The average molecular weight is 481 g/mol. The molecule has 1 aromatic rings. The van der Waals surface area contributed by atoms with Crippen LogP contribution in [0.2, 0.25) is 0 Å². The van der Waals surface area contributed by atoms with Gasteiger partial charge >= 0.3 is 5.97 Å². The predicted octanol–water partition coefficient (Wildman–Crippen LogP) is 3.19. The number of esters is 1. The smallest absolute Gasteiger partial charge is 0.310 e. The molecule has 3 rings (SSSR count). The molecule has 0 saturated carbocycles.